The van der Waals surface area contributed by atoms with Gasteiger partial charge in [-0.25, -0.2) is 4.79 Å². The fourth-order valence-corrected chi connectivity index (χ4v) is 2.15. The molecule has 7 heteroatoms. The minimum Gasteiger partial charge on any atom is -0.497 e. The summed E-state index contributed by atoms with van der Waals surface area (Å²) >= 11 is 0. The monoisotopic (exact) mass is 356 g/mol. The summed E-state index contributed by atoms with van der Waals surface area (Å²) in [6.07, 6.45) is -1.00. The molecule has 0 spiro atoms. The highest BCUT2D eigenvalue weighted by atomic mass is 16.5. The molecule has 2 rings (SSSR count). The molecule has 7 nitrogen and oxygen atoms in total. The molecule has 0 bridgehead atoms. The summed E-state index contributed by atoms with van der Waals surface area (Å²) in [6, 6.07) is 13.1. The van der Waals surface area contributed by atoms with E-state index < -0.39 is 18.0 Å². The van der Waals surface area contributed by atoms with Gasteiger partial charge in [-0.1, -0.05) is 12.1 Å². The van der Waals surface area contributed by atoms with Crippen LogP contribution in [0.3, 0.4) is 0 Å². The molecule has 2 amide bonds. The van der Waals surface area contributed by atoms with Crippen LogP contribution in [0.5, 0.6) is 5.75 Å². The van der Waals surface area contributed by atoms with Gasteiger partial charge in [0.15, 0.2) is 6.10 Å². The van der Waals surface area contributed by atoms with Crippen LogP contribution in [0, 0.1) is 0 Å². The van der Waals surface area contributed by atoms with E-state index in [1.807, 2.05) is 0 Å². The van der Waals surface area contributed by atoms with Gasteiger partial charge in [0, 0.05) is 24.4 Å². The van der Waals surface area contributed by atoms with Gasteiger partial charge in [0.1, 0.15) is 5.75 Å². The maximum Gasteiger partial charge on any atom is 0.338 e. The summed E-state index contributed by atoms with van der Waals surface area (Å²) < 4.78 is 10.3. The standard InChI is InChI=1S/C19H20N2O5/c1-12(18(23)21-16-8-5-9-17(11-16)25-3)26-19(24)14-6-4-7-15(10-14)20-13(2)22/h4-12H,1-3H3,(H,20,22)(H,21,23)/t12-/m0/s1. The molecular formula is C19H20N2O5. The molecule has 0 unspecified atom stereocenters. The third kappa shape index (κ3) is 5.34. The van der Waals surface area contributed by atoms with E-state index in [0.29, 0.717) is 17.1 Å². The maximum atomic E-state index is 12.2. The maximum absolute atomic E-state index is 12.2. The van der Waals surface area contributed by atoms with Crippen LogP contribution in [-0.4, -0.2) is 31.0 Å². The molecule has 0 radical (unpaired) electrons. The van der Waals surface area contributed by atoms with Crippen molar-refractivity contribution in [3.05, 3.63) is 54.1 Å². The Morgan fingerprint density at radius 3 is 2.27 bits per heavy atom. The number of hydrogen-bond acceptors (Lipinski definition) is 5. The Morgan fingerprint density at radius 1 is 0.962 bits per heavy atom. The molecule has 2 N–H and O–H groups in total. The second kappa shape index (κ2) is 8.66. The summed E-state index contributed by atoms with van der Waals surface area (Å²) in [5.74, 6) is -0.779. The molecule has 26 heavy (non-hydrogen) atoms. The van der Waals surface area contributed by atoms with Gasteiger partial charge in [-0.05, 0) is 37.3 Å². The van der Waals surface area contributed by atoms with Crippen molar-refractivity contribution in [3.8, 4) is 5.75 Å². The number of ether oxygens (including phenoxy) is 2. The van der Waals surface area contributed by atoms with Crippen molar-refractivity contribution in [3.63, 3.8) is 0 Å². The smallest absolute Gasteiger partial charge is 0.338 e. The Morgan fingerprint density at radius 2 is 1.62 bits per heavy atom. The predicted octanol–water partition coefficient (Wildman–Crippen LogP) is 2.84. The van der Waals surface area contributed by atoms with E-state index >= 15 is 0 Å². The van der Waals surface area contributed by atoms with Gasteiger partial charge in [-0.2, -0.15) is 0 Å². The van der Waals surface area contributed by atoms with Crippen molar-refractivity contribution >= 4 is 29.2 Å². The lowest BCUT2D eigenvalue weighted by Crippen LogP contribution is -2.30. The summed E-state index contributed by atoms with van der Waals surface area (Å²) in [6.45, 7) is 2.85. The van der Waals surface area contributed by atoms with Crippen LogP contribution in [0.15, 0.2) is 48.5 Å². The molecular weight excluding hydrogens is 336 g/mol. The molecule has 0 aromatic heterocycles. The molecule has 0 fully saturated rings. The third-order valence-electron chi connectivity index (χ3n) is 3.41. The number of benzene rings is 2. The van der Waals surface area contributed by atoms with Crippen molar-refractivity contribution in [2.24, 2.45) is 0 Å². The van der Waals surface area contributed by atoms with Crippen LogP contribution in [-0.2, 0) is 14.3 Å². The SMILES string of the molecule is COc1cccc(NC(=O)[C@H](C)OC(=O)c2cccc(NC(C)=O)c2)c1. The largest absolute Gasteiger partial charge is 0.497 e. The Bertz CT molecular complexity index is 819. The van der Waals surface area contributed by atoms with Crippen molar-refractivity contribution in [1.82, 2.24) is 0 Å². The second-order valence-electron chi connectivity index (χ2n) is 5.53. The lowest BCUT2D eigenvalue weighted by Gasteiger charge is -2.14. The Kier molecular flexibility index (Phi) is 6.32. The van der Waals surface area contributed by atoms with Crippen LogP contribution >= 0.6 is 0 Å². The van der Waals surface area contributed by atoms with Crippen LogP contribution in [0.1, 0.15) is 24.2 Å². The summed E-state index contributed by atoms with van der Waals surface area (Å²) in [5.41, 5.74) is 1.24. The van der Waals surface area contributed by atoms with Gasteiger partial charge in [0.2, 0.25) is 5.91 Å². The number of carbonyl (C=O) groups is 3. The first kappa shape index (κ1) is 19.0. The van der Waals surface area contributed by atoms with Gasteiger partial charge in [0.25, 0.3) is 5.91 Å². The van der Waals surface area contributed by atoms with Gasteiger partial charge >= 0.3 is 5.97 Å². The number of esters is 1. The highest BCUT2D eigenvalue weighted by molar-refractivity contribution is 5.98. The van der Waals surface area contributed by atoms with E-state index in [1.165, 1.54) is 27.0 Å². The average Bonchev–Trinajstić information content (AvgIpc) is 2.61. The second-order valence-corrected chi connectivity index (χ2v) is 5.53. The Balaban J connectivity index is 1.99. The van der Waals surface area contributed by atoms with Crippen molar-refractivity contribution in [2.75, 3.05) is 17.7 Å². The van der Waals surface area contributed by atoms with Crippen LogP contribution in [0.4, 0.5) is 11.4 Å². The van der Waals surface area contributed by atoms with Gasteiger partial charge < -0.3 is 20.1 Å². The average molecular weight is 356 g/mol. The molecule has 136 valence electrons. The highest BCUT2D eigenvalue weighted by Crippen LogP contribution is 2.17. The number of anilines is 2. The number of methoxy groups -OCH3 is 1. The number of nitrogens with one attached hydrogen (secondary N) is 2. The fourth-order valence-electron chi connectivity index (χ4n) is 2.15. The van der Waals surface area contributed by atoms with Crippen molar-refractivity contribution < 1.29 is 23.9 Å². The quantitative estimate of drug-likeness (QED) is 0.776. The first-order valence-electron chi connectivity index (χ1n) is 7.92. The van der Waals surface area contributed by atoms with Gasteiger partial charge in [-0.3, -0.25) is 9.59 Å². The molecule has 0 aliphatic rings. The molecule has 0 saturated carbocycles. The summed E-state index contributed by atoms with van der Waals surface area (Å²) in [4.78, 5) is 35.5. The topological polar surface area (TPSA) is 93.7 Å². The molecule has 2 aromatic carbocycles. The van der Waals surface area contributed by atoms with Crippen molar-refractivity contribution in [1.29, 1.82) is 0 Å². The molecule has 0 aliphatic heterocycles. The number of rotatable bonds is 6. The van der Waals surface area contributed by atoms with E-state index in [4.69, 9.17) is 9.47 Å². The third-order valence-corrected chi connectivity index (χ3v) is 3.41. The normalized spacial score (nSPS) is 11.2. The van der Waals surface area contributed by atoms with E-state index in [1.54, 1.807) is 42.5 Å². The minimum absolute atomic E-state index is 0.234. The van der Waals surface area contributed by atoms with Crippen LogP contribution < -0.4 is 15.4 Å². The number of hydrogen-bond donors (Lipinski definition) is 2. The van der Waals surface area contributed by atoms with Crippen molar-refractivity contribution in [2.45, 2.75) is 20.0 Å². The summed E-state index contributed by atoms with van der Waals surface area (Å²) in [5, 5.41) is 5.24. The van der Waals surface area contributed by atoms with E-state index in [0.717, 1.165) is 0 Å². The van der Waals surface area contributed by atoms with Gasteiger partial charge in [-0.15, -0.1) is 0 Å². The highest BCUT2D eigenvalue weighted by Gasteiger charge is 2.19. The van der Waals surface area contributed by atoms with E-state index in [2.05, 4.69) is 10.6 Å². The molecule has 0 heterocycles. The lowest BCUT2D eigenvalue weighted by atomic mass is 10.2. The molecule has 0 aliphatic carbocycles. The van der Waals surface area contributed by atoms with Crippen LogP contribution in [0.2, 0.25) is 0 Å². The minimum atomic E-state index is -1.00. The molecule has 1 atom stereocenters. The lowest BCUT2D eigenvalue weighted by molar-refractivity contribution is -0.123. The van der Waals surface area contributed by atoms with E-state index in [-0.39, 0.29) is 11.5 Å². The first-order valence-corrected chi connectivity index (χ1v) is 7.92. The van der Waals surface area contributed by atoms with Crippen LogP contribution in [0.25, 0.3) is 0 Å². The zero-order chi connectivity index (χ0) is 19.1. The zero-order valence-corrected chi connectivity index (χ0v) is 14.7. The Hall–Kier alpha value is -3.35. The zero-order valence-electron chi connectivity index (χ0n) is 14.7. The Labute approximate surface area is 151 Å². The van der Waals surface area contributed by atoms with E-state index in [9.17, 15) is 14.4 Å². The summed E-state index contributed by atoms with van der Waals surface area (Å²) in [7, 11) is 1.53. The molecule has 0 saturated heterocycles. The fraction of sp³-hybridized carbons (Fsp3) is 0.211. The van der Waals surface area contributed by atoms with Gasteiger partial charge in [0.05, 0.1) is 12.7 Å². The predicted molar refractivity (Wildman–Crippen MR) is 97.2 cm³/mol. The number of carbonyl (C=O) groups excluding carboxylic acids is 3. The first-order chi connectivity index (χ1) is 12.4. The number of amides is 2. The molecule has 2 aromatic rings.